The SMILES string of the molecule is CC[C@@H](C(=O)NC)N(Cc1c(Cl)cccc1Cl)C(=O)CN(c1cc(C)cc(C)c1)S(C)(=O)=O. The molecule has 2 aromatic rings. The Bertz CT molecular complexity index is 1100. The summed E-state index contributed by atoms with van der Waals surface area (Å²) >= 11 is 12.6. The second kappa shape index (κ2) is 11.2. The first-order valence-electron chi connectivity index (χ1n) is 10.4. The van der Waals surface area contributed by atoms with Crippen molar-refractivity contribution in [1.82, 2.24) is 10.2 Å². The Morgan fingerprint density at radius 1 is 1.06 bits per heavy atom. The van der Waals surface area contributed by atoms with Crippen LogP contribution in [0.4, 0.5) is 5.69 Å². The van der Waals surface area contributed by atoms with Crippen molar-refractivity contribution in [2.24, 2.45) is 0 Å². The van der Waals surface area contributed by atoms with Crippen LogP contribution in [0.2, 0.25) is 10.0 Å². The van der Waals surface area contributed by atoms with Crippen molar-refractivity contribution in [1.29, 1.82) is 0 Å². The number of nitrogens with one attached hydrogen (secondary N) is 1. The zero-order valence-electron chi connectivity index (χ0n) is 19.4. The highest BCUT2D eigenvalue weighted by Gasteiger charge is 2.32. The summed E-state index contributed by atoms with van der Waals surface area (Å²) in [5.41, 5.74) is 2.59. The molecule has 1 atom stereocenters. The Morgan fingerprint density at radius 3 is 2.06 bits per heavy atom. The van der Waals surface area contributed by atoms with E-state index in [1.54, 1.807) is 37.3 Å². The molecule has 0 aliphatic rings. The smallest absolute Gasteiger partial charge is 0.244 e. The highest BCUT2D eigenvalue weighted by molar-refractivity contribution is 7.92. The van der Waals surface area contributed by atoms with Crippen molar-refractivity contribution in [2.45, 2.75) is 39.8 Å². The van der Waals surface area contributed by atoms with Crippen LogP contribution >= 0.6 is 23.2 Å². The molecule has 0 heterocycles. The highest BCUT2D eigenvalue weighted by atomic mass is 35.5. The first-order valence-corrected chi connectivity index (χ1v) is 13.0. The molecule has 0 aliphatic heterocycles. The Kier molecular flexibility index (Phi) is 9.17. The van der Waals surface area contributed by atoms with Gasteiger partial charge < -0.3 is 10.2 Å². The number of amides is 2. The van der Waals surface area contributed by atoms with Crippen molar-refractivity contribution in [2.75, 3.05) is 24.2 Å². The van der Waals surface area contributed by atoms with Crippen LogP contribution < -0.4 is 9.62 Å². The fraction of sp³-hybridized carbons (Fsp3) is 0.391. The van der Waals surface area contributed by atoms with E-state index in [-0.39, 0.29) is 12.5 Å². The lowest BCUT2D eigenvalue weighted by molar-refractivity contribution is -0.140. The second-order valence-electron chi connectivity index (χ2n) is 7.88. The first-order chi connectivity index (χ1) is 15.4. The predicted octanol–water partition coefficient (Wildman–Crippen LogP) is 3.93. The van der Waals surface area contributed by atoms with E-state index in [0.717, 1.165) is 21.7 Å². The van der Waals surface area contributed by atoms with Crippen LogP contribution in [0.15, 0.2) is 36.4 Å². The molecule has 7 nitrogen and oxygen atoms in total. The number of hydrogen-bond donors (Lipinski definition) is 1. The van der Waals surface area contributed by atoms with Crippen LogP contribution in [0.5, 0.6) is 0 Å². The summed E-state index contributed by atoms with van der Waals surface area (Å²) in [6.07, 6.45) is 1.36. The van der Waals surface area contributed by atoms with Crippen molar-refractivity contribution in [3.05, 3.63) is 63.1 Å². The zero-order valence-corrected chi connectivity index (χ0v) is 21.7. The van der Waals surface area contributed by atoms with Crippen LogP contribution in [0.25, 0.3) is 0 Å². The van der Waals surface area contributed by atoms with Crippen LogP contribution in [-0.2, 0) is 26.2 Å². The maximum absolute atomic E-state index is 13.5. The number of benzene rings is 2. The van der Waals surface area contributed by atoms with Crippen LogP contribution in [0.3, 0.4) is 0 Å². The average molecular weight is 514 g/mol. The van der Waals surface area contributed by atoms with Gasteiger partial charge in [0.1, 0.15) is 12.6 Å². The Labute approximate surface area is 205 Å². The molecule has 180 valence electrons. The van der Waals surface area contributed by atoms with Crippen molar-refractivity contribution in [3.63, 3.8) is 0 Å². The number of halogens is 2. The number of hydrogen-bond acceptors (Lipinski definition) is 4. The molecule has 2 rings (SSSR count). The number of anilines is 1. The summed E-state index contributed by atoms with van der Waals surface area (Å²) in [4.78, 5) is 27.5. The van der Waals surface area contributed by atoms with E-state index in [1.807, 2.05) is 19.9 Å². The molecular formula is C23H29Cl2N3O4S. The van der Waals surface area contributed by atoms with Gasteiger partial charge in [-0.2, -0.15) is 0 Å². The minimum atomic E-state index is -3.79. The van der Waals surface area contributed by atoms with Gasteiger partial charge in [0.2, 0.25) is 21.8 Å². The summed E-state index contributed by atoms with van der Waals surface area (Å²) in [5.74, 6) is -0.919. The molecule has 0 saturated heterocycles. The molecule has 1 N–H and O–H groups in total. The van der Waals surface area contributed by atoms with Crippen LogP contribution in [-0.4, -0.2) is 51.0 Å². The third kappa shape index (κ3) is 6.85. The summed E-state index contributed by atoms with van der Waals surface area (Å²) in [5, 5.41) is 3.26. The average Bonchev–Trinajstić information content (AvgIpc) is 2.71. The summed E-state index contributed by atoms with van der Waals surface area (Å²) in [6, 6.07) is 9.45. The number of nitrogens with zero attached hydrogens (tertiary/aromatic N) is 2. The molecule has 0 radical (unpaired) electrons. The van der Waals surface area contributed by atoms with Crippen molar-refractivity contribution < 1.29 is 18.0 Å². The third-order valence-electron chi connectivity index (χ3n) is 5.20. The lowest BCUT2D eigenvalue weighted by Crippen LogP contribution is -2.51. The van der Waals surface area contributed by atoms with Gasteiger partial charge in [0.15, 0.2) is 0 Å². The molecule has 2 amide bonds. The minimum absolute atomic E-state index is 0.0479. The maximum atomic E-state index is 13.5. The maximum Gasteiger partial charge on any atom is 0.244 e. The van der Waals surface area contributed by atoms with E-state index in [2.05, 4.69) is 5.32 Å². The number of carbonyl (C=O) groups is 2. The van der Waals surface area contributed by atoms with Gasteiger partial charge in [0, 0.05) is 29.2 Å². The predicted molar refractivity (Wildman–Crippen MR) is 133 cm³/mol. The molecule has 0 spiro atoms. The van der Waals surface area contributed by atoms with Gasteiger partial charge in [-0.1, -0.05) is 42.3 Å². The molecule has 0 unspecified atom stereocenters. The third-order valence-corrected chi connectivity index (χ3v) is 7.04. The number of aryl methyl sites for hydroxylation is 2. The zero-order chi connectivity index (χ0) is 24.9. The summed E-state index contributed by atoms with van der Waals surface area (Å²) in [6.45, 7) is 4.95. The number of carbonyl (C=O) groups excluding carboxylic acids is 2. The molecule has 0 aliphatic carbocycles. The molecule has 0 fully saturated rings. The van der Waals surface area contributed by atoms with E-state index in [9.17, 15) is 18.0 Å². The molecule has 33 heavy (non-hydrogen) atoms. The topological polar surface area (TPSA) is 86.8 Å². The van der Waals surface area contributed by atoms with E-state index < -0.39 is 28.5 Å². The minimum Gasteiger partial charge on any atom is -0.357 e. The van der Waals surface area contributed by atoms with Crippen molar-refractivity contribution >= 4 is 50.7 Å². The van der Waals surface area contributed by atoms with E-state index in [0.29, 0.717) is 27.7 Å². The number of sulfonamides is 1. The fourth-order valence-electron chi connectivity index (χ4n) is 3.65. The van der Waals surface area contributed by atoms with Crippen LogP contribution in [0, 0.1) is 13.8 Å². The molecule has 0 saturated carbocycles. The molecule has 0 bridgehead atoms. The van der Waals surface area contributed by atoms with Gasteiger partial charge in [-0.15, -0.1) is 0 Å². The van der Waals surface area contributed by atoms with Crippen molar-refractivity contribution in [3.8, 4) is 0 Å². The van der Waals surface area contributed by atoms with Gasteiger partial charge in [-0.25, -0.2) is 8.42 Å². The van der Waals surface area contributed by atoms with Crippen LogP contribution in [0.1, 0.15) is 30.0 Å². The first kappa shape index (κ1) is 27.0. The lowest BCUT2D eigenvalue weighted by atomic mass is 10.1. The molecule has 2 aromatic carbocycles. The Morgan fingerprint density at radius 2 is 1.61 bits per heavy atom. The normalized spacial score (nSPS) is 12.2. The van der Waals surface area contributed by atoms with Gasteiger partial charge in [-0.05, 0) is 55.7 Å². The largest absolute Gasteiger partial charge is 0.357 e. The number of rotatable bonds is 9. The van der Waals surface area contributed by atoms with Gasteiger partial charge >= 0.3 is 0 Å². The highest BCUT2D eigenvalue weighted by Crippen LogP contribution is 2.28. The fourth-order valence-corrected chi connectivity index (χ4v) is 5.00. The molecule has 0 aromatic heterocycles. The van der Waals surface area contributed by atoms with Gasteiger partial charge in [-0.3, -0.25) is 13.9 Å². The van der Waals surface area contributed by atoms with E-state index >= 15 is 0 Å². The standard InChI is InChI=1S/C23H29Cl2N3O4S/c1-6-21(23(30)26-4)27(13-18-19(24)8-7-9-20(18)25)22(29)14-28(33(5,31)32)17-11-15(2)10-16(3)12-17/h7-12,21H,6,13-14H2,1-5H3,(H,26,30)/t21-/m0/s1. The number of likely N-dealkylation sites (N-methyl/N-ethyl adjacent to an activating group) is 1. The molecular weight excluding hydrogens is 485 g/mol. The Hall–Kier alpha value is -2.29. The van der Waals surface area contributed by atoms with Gasteiger partial charge in [0.05, 0.1) is 11.9 Å². The monoisotopic (exact) mass is 513 g/mol. The summed E-state index contributed by atoms with van der Waals surface area (Å²) < 4.78 is 26.3. The second-order valence-corrected chi connectivity index (χ2v) is 10.6. The van der Waals surface area contributed by atoms with Gasteiger partial charge in [0.25, 0.3) is 0 Å². The summed E-state index contributed by atoms with van der Waals surface area (Å²) in [7, 11) is -2.31. The lowest BCUT2D eigenvalue weighted by Gasteiger charge is -2.33. The Balaban J connectivity index is 2.52. The van der Waals surface area contributed by atoms with E-state index in [4.69, 9.17) is 23.2 Å². The van der Waals surface area contributed by atoms with E-state index in [1.165, 1.54) is 11.9 Å². The molecule has 10 heteroatoms. The quantitative estimate of drug-likeness (QED) is 0.550.